The molecule has 3 N–H and O–H groups in total. The van der Waals surface area contributed by atoms with Crippen LogP contribution in [0.2, 0.25) is 0 Å². The summed E-state index contributed by atoms with van der Waals surface area (Å²) >= 11 is 0. The van der Waals surface area contributed by atoms with Crippen molar-refractivity contribution in [2.45, 2.75) is 96.7 Å². The van der Waals surface area contributed by atoms with Crippen LogP contribution in [0, 0.1) is 0 Å². The molecule has 1 aliphatic rings. The maximum Gasteiger partial charge on any atom is 0.315 e. The number of rotatable bonds is 5. The van der Waals surface area contributed by atoms with E-state index in [1.807, 2.05) is 13.8 Å². The van der Waals surface area contributed by atoms with Gasteiger partial charge in [0, 0.05) is 30.6 Å². The smallest absolute Gasteiger partial charge is 0.315 e. The van der Waals surface area contributed by atoms with Crippen molar-refractivity contribution in [2.24, 2.45) is 0 Å². The predicted molar refractivity (Wildman–Crippen MR) is 139 cm³/mol. The summed E-state index contributed by atoms with van der Waals surface area (Å²) in [6.07, 6.45) is 0.901. The maximum absolute atomic E-state index is 12.2. The van der Waals surface area contributed by atoms with E-state index < -0.39 is 0 Å². The van der Waals surface area contributed by atoms with Gasteiger partial charge in [-0.25, -0.2) is 4.79 Å². The van der Waals surface area contributed by atoms with Crippen molar-refractivity contribution in [1.82, 2.24) is 16.0 Å². The first-order valence-corrected chi connectivity index (χ1v) is 12.4. The first-order valence-electron chi connectivity index (χ1n) is 12.4. The summed E-state index contributed by atoms with van der Waals surface area (Å²) < 4.78 is 0. The van der Waals surface area contributed by atoms with Crippen LogP contribution in [-0.2, 0) is 10.8 Å². The molecule has 0 aliphatic carbocycles. The first kappa shape index (κ1) is 25.3. The second-order valence-corrected chi connectivity index (χ2v) is 11.9. The average molecular weight is 450 g/mol. The van der Waals surface area contributed by atoms with Gasteiger partial charge in [-0.2, -0.15) is 0 Å². The number of amides is 2. The van der Waals surface area contributed by atoms with E-state index in [1.165, 1.54) is 22.3 Å². The van der Waals surface area contributed by atoms with Gasteiger partial charge in [-0.3, -0.25) is 0 Å². The Morgan fingerprint density at radius 1 is 0.848 bits per heavy atom. The van der Waals surface area contributed by atoms with Crippen LogP contribution in [0.1, 0.15) is 90.0 Å². The molecule has 3 rings (SSSR count). The Morgan fingerprint density at radius 3 is 1.70 bits per heavy atom. The molecule has 2 amide bonds. The number of benzene rings is 2. The molecule has 0 bridgehead atoms. The molecule has 0 aromatic heterocycles. The molecule has 2 aromatic rings. The van der Waals surface area contributed by atoms with Gasteiger partial charge in [0.15, 0.2) is 0 Å². The maximum atomic E-state index is 12.2. The lowest BCUT2D eigenvalue weighted by Crippen LogP contribution is -2.45. The van der Waals surface area contributed by atoms with E-state index in [1.54, 1.807) is 0 Å². The fraction of sp³-hybridized carbons (Fsp3) is 0.552. The molecule has 4 nitrogen and oxygen atoms in total. The monoisotopic (exact) mass is 449 g/mol. The van der Waals surface area contributed by atoms with E-state index in [0.29, 0.717) is 0 Å². The third kappa shape index (κ3) is 6.60. The Kier molecular flexibility index (Phi) is 7.58. The highest BCUT2D eigenvalue weighted by Crippen LogP contribution is 2.35. The summed E-state index contributed by atoms with van der Waals surface area (Å²) in [5, 5.41) is 9.79. The van der Waals surface area contributed by atoms with Crippen molar-refractivity contribution in [3.05, 3.63) is 70.8 Å². The fourth-order valence-electron chi connectivity index (χ4n) is 4.66. The van der Waals surface area contributed by atoms with Crippen molar-refractivity contribution in [2.75, 3.05) is 6.54 Å². The highest BCUT2D eigenvalue weighted by atomic mass is 16.2. The second kappa shape index (κ2) is 9.89. The number of urea groups is 1. The molecule has 4 heteroatoms. The van der Waals surface area contributed by atoms with Gasteiger partial charge in [-0.1, -0.05) is 90.1 Å². The number of nitrogens with one attached hydrogen (secondary N) is 3. The number of hydrogen-bond acceptors (Lipinski definition) is 2. The third-order valence-corrected chi connectivity index (χ3v) is 6.59. The Hall–Kier alpha value is -2.33. The van der Waals surface area contributed by atoms with Gasteiger partial charge in [0.2, 0.25) is 0 Å². The van der Waals surface area contributed by atoms with Crippen molar-refractivity contribution in [1.29, 1.82) is 0 Å². The second-order valence-electron chi connectivity index (χ2n) is 11.9. The molecule has 1 fully saturated rings. The number of carbonyl (C=O) groups excluding carboxylic acids is 1. The highest BCUT2D eigenvalue weighted by molar-refractivity contribution is 5.74. The minimum absolute atomic E-state index is 0.0851. The van der Waals surface area contributed by atoms with Gasteiger partial charge >= 0.3 is 6.03 Å². The summed E-state index contributed by atoms with van der Waals surface area (Å²) in [5.74, 6) is 0.230. The van der Waals surface area contributed by atoms with Crippen LogP contribution < -0.4 is 16.0 Å². The van der Waals surface area contributed by atoms with Gasteiger partial charge in [0.25, 0.3) is 0 Å². The molecule has 33 heavy (non-hydrogen) atoms. The lowest BCUT2D eigenvalue weighted by Gasteiger charge is -2.27. The molecule has 2 atom stereocenters. The molecule has 1 saturated heterocycles. The Bertz CT molecular complexity index is 860. The quantitative estimate of drug-likeness (QED) is 0.536. The number of carbonyl (C=O) groups is 1. The predicted octanol–water partition coefficient (Wildman–Crippen LogP) is 5.85. The van der Waals surface area contributed by atoms with Crippen molar-refractivity contribution < 1.29 is 4.79 Å². The largest absolute Gasteiger partial charge is 0.336 e. The molecule has 0 radical (unpaired) electrons. The van der Waals surface area contributed by atoms with E-state index in [-0.39, 0.29) is 40.9 Å². The normalized spacial score (nSPS) is 19.2. The van der Waals surface area contributed by atoms with E-state index in [2.05, 4.69) is 106 Å². The molecular weight excluding hydrogens is 406 g/mol. The van der Waals surface area contributed by atoms with Crippen molar-refractivity contribution >= 4 is 6.03 Å². The van der Waals surface area contributed by atoms with Crippen LogP contribution in [0.15, 0.2) is 48.5 Å². The fourth-order valence-corrected chi connectivity index (χ4v) is 4.66. The van der Waals surface area contributed by atoms with E-state index in [4.69, 9.17) is 0 Å². The van der Waals surface area contributed by atoms with Crippen LogP contribution in [-0.4, -0.2) is 30.7 Å². The van der Waals surface area contributed by atoms with Crippen LogP contribution in [0.5, 0.6) is 0 Å². The topological polar surface area (TPSA) is 53.2 Å². The standard InChI is InChI=1S/C29H43N3O/c1-19(2)31-27(33)32-24-17-25(30-18-24)26(20-9-13-22(14-10-20)28(3,4)5)21-11-15-23(16-12-21)29(6,7)8/h9-16,19,24-26,30H,17-18H2,1-8H3,(H2,31,32,33)/t24-,25-/m1/s1. The lowest BCUT2D eigenvalue weighted by molar-refractivity contribution is 0.235. The molecular formula is C29H43N3O. The van der Waals surface area contributed by atoms with Crippen molar-refractivity contribution in [3.63, 3.8) is 0 Å². The third-order valence-electron chi connectivity index (χ3n) is 6.59. The Labute approximate surface area is 200 Å². The van der Waals surface area contributed by atoms with Crippen LogP contribution in [0.25, 0.3) is 0 Å². The molecule has 180 valence electrons. The summed E-state index contributed by atoms with van der Waals surface area (Å²) in [6.45, 7) is 18.3. The Morgan fingerprint density at radius 2 is 1.30 bits per heavy atom. The molecule has 1 heterocycles. The van der Waals surface area contributed by atoms with Crippen molar-refractivity contribution in [3.8, 4) is 0 Å². The molecule has 0 spiro atoms. The zero-order chi connectivity index (χ0) is 24.4. The SMILES string of the molecule is CC(C)NC(=O)N[C@H]1CN[C@@H](C(c2ccc(C(C)(C)C)cc2)c2ccc(C(C)(C)C)cc2)C1. The summed E-state index contributed by atoms with van der Waals surface area (Å²) in [5.41, 5.74) is 5.59. The molecule has 1 aliphatic heterocycles. The summed E-state index contributed by atoms with van der Waals surface area (Å²) in [7, 11) is 0. The zero-order valence-electron chi connectivity index (χ0n) is 21.8. The zero-order valence-corrected chi connectivity index (χ0v) is 21.8. The molecule has 2 aromatic carbocycles. The van der Waals surface area contributed by atoms with Gasteiger partial charge in [-0.05, 0) is 53.4 Å². The van der Waals surface area contributed by atoms with Crippen LogP contribution >= 0.6 is 0 Å². The highest BCUT2D eigenvalue weighted by Gasteiger charge is 2.33. The average Bonchev–Trinajstić information content (AvgIpc) is 3.14. The minimum Gasteiger partial charge on any atom is -0.336 e. The summed E-state index contributed by atoms with van der Waals surface area (Å²) in [6, 6.07) is 18.7. The van der Waals surface area contributed by atoms with Crippen LogP contribution in [0.4, 0.5) is 4.79 Å². The first-order chi connectivity index (χ1) is 15.3. The minimum atomic E-state index is -0.0851. The van der Waals surface area contributed by atoms with E-state index >= 15 is 0 Å². The van der Waals surface area contributed by atoms with Gasteiger partial charge in [0.05, 0.1) is 0 Å². The lowest BCUT2D eigenvalue weighted by atomic mass is 9.80. The van der Waals surface area contributed by atoms with Gasteiger partial charge < -0.3 is 16.0 Å². The number of hydrogen-bond donors (Lipinski definition) is 3. The Balaban J connectivity index is 1.87. The molecule has 0 unspecified atom stereocenters. The van der Waals surface area contributed by atoms with Gasteiger partial charge in [-0.15, -0.1) is 0 Å². The van der Waals surface area contributed by atoms with E-state index in [0.717, 1.165) is 13.0 Å². The van der Waals surface area contributed by atoms with Crippen LogP contribution in [0.3, 0.4) is 0 Å². The summed E-state index contributed by atoms with van der Waals surface area (Å²) in [4.78, 5) is 12.2. The van der Waals surface area contributed by atoms with E-state index in [9.17, 15) is 4.79 Å². The molecule has 0 saturated carbocycles. The van der Waals surface area contributed by atoms with Gasteiger partial charge in [0.1, 0.15) is 0 Å².